The molecule has 2 aromatic carbocycles. The molecule has 106 valence electrons. The zero-order valence-electron chi connectivity index (χ0n) is 11.9. The number of nitrogens with two attached hydrogens (primary N) is 1. The van der Waals surface area contributed by atoms with Crippen LogP contribution in [-0.4, -0.2) is 29.2 Å². The Bertz CT molecular complexity index is 607. The highest BCUT2D eigenvalue weighted by Crippen LogP contribution is 2.38. The first kappa shape index (κ1) is 13.6. The van der Waals surface area contributed by atoms with Crippen molar-refractivity contribution in [2.24, 2.45) is 5.73 Å². The Balaban J connectivity index is 2.09. The van der Waals surface area contributed by atoms with Crippen LogP contribution in [0.5, 0.6) is 0 Å². The van der Waals surface area contributed by atoms with Gasteiger partial charge in [0, 0.05) is 25.2 Å². The van der Waals surface area contributed by atoms with E-state index < -0.39 is 0 Å². The third kappa shape index (κ3) is 2.03. The van der Waals surface area contributed by atoms with Gasteiger partial charge in [0.2, 0.25) is 0 Å². The molecule has 0 aliphatic carbocycles. The van der Waals surface area contributed by atoms with E-state index in [1.807, 2.05) is 0 Å². The number of nitrogens with zero attached hydrogens (tertiary/aromatic N) is 1. The minimum Gasteiger partial charge on any atom is -0.395 e. The van der Waals surface area contributed by atoms with E-state index in [0.29, 0.717) is 6.54 Å². The van der Waals surface area contributed by atoms with E-state index in [1.54, 1.807) is 0 Å². The fourth-order valence-electron chi connectivity index (χ4n) is 3.43. The second-order valence-electron chi connectivity index (χ2n) is 5.52. The molecule has 0 bridgehead atoms. The third-order valence-corrected chi connectivity index (χ3v) is 4.55. The van der Waals surface area contributed by atoms with Crippen LogP contribution in [0, 0.1) is 0 Å². The molecule has 2 unspecified atom stereocenters. The molecule has 0 fully saturated rings. The topological polar surface area (TPSA) is 49.5 Å². The zero-order chi connectivity index (χ0) is 14.1. The summed E-state index contributed by atoms with van der Waals surface area (Å²) in [5.41, 5.74) is 8.72. The summed E-state index contributed by atoms with van der Waals surface area (Å²) < 4.78 is 0. The first-order chi connectivity index (χ1) is 9.80. The van der Waals surface area contributed by atoms with Crippen LogP contribution in [0.1, 0.15) is 30.5 Å². The predicted molar refractivity (Wildman–Crippen MR) is 82.5 cm³/mol. The van der Waals surface area contributed by atoms with E-state index in [0.717, 1.165) is 13.0 Å². The summed E-state index contributed by atoms with van der Waals surface area (Å²) in [4.78, 5) is 2.36. The molecule has 3 nitrogen and oxygen atoms in total. The smallest absolute Gasteiger partial charge is 0.0587 e. The van der Waals surface area contributed by atoms with Crippen LogP contribution in [0.3, 0.4) is 0 Å². The van der Waals surface area contributed by atoms with Gasteiger partial charge in [-0.1, -0.05) is 43.3 Å². The lowest BCUT2D eigenvalue weighted by atomic mass is 9.98. The fraction of sp³-hybridized carbons (Fsp3) is 0.412. The van der Waals surface area contributed by atoms with Crippen molar-refractivity contribution in [3.8, 4) is 0 Å². The van der Waals surface area contributed by atoms with Gasteiger partial charge in [-0.2, -0.15) is 0 Å². The molecule has 0 saturated carbocycles. The van der Waals surface area contributed by atoms with Gasteiger partial charge in [-0.3, -0.25) is 4.90 Å². The van der Waals surface area contributed by atoms with Crippen molar-refractivity contribution >= 4 is 10.8 Å². The van der Waals surface area contributed by atoms with E-state index in [2.05, 4.69) is 48.2 Å². The van der Waals surface area contributed by atoms with Gasteiger partial charge in [0.25, 0.3) is 0 Å². The highest BCUT2D eigenvalue weighted by molar-refractivity contribution is 5.87. The zero-order valence-corrected chi connectivity index (χ0v) is 11.9. The SMILES string of the molecule is CCC(CO)N1Cc2c(ccc3ccccc23)C1CN. The van der Waals surface area contributed by atoms with Crippen molar-refractivity contribution in [2.45, 2.75) is 32.0 Å². The number of hydrogen-bond donors (Lipinski definition) is 2. The number of fused-ring (bicyclic) bond motifs is 3. The lowest BCUT2D eigenvalue weighted by Crippen LogP contribution is -2.38. The first-order valence-corrected chi connectivity index (χ1v) is 7.37. The Morgan fingerprint density at radius 2 is 2.10 bits per heavy atom. The molecular formula is C17H22N2O. The van der Waals surface area contributed by atoms with Gasteiger partial charge in [-0.05, 0) is 28.3 Å². The van der Waals surface area contributed by atoms with Crippen LogP contribution in [0.15, 0.2) is 36.4 Å². The minimum absolute atomic E-state index is 0.190. The quantitative estimate of drug-likeness (QED) is 0.897. The molecule has 3 heteroatoms. The molecule has 0 radical (unpaired) electrons. The van der Waals surface area contributed by atoms with Crippen molar-refractivity contribution in [3.05, 3.63) is 47.5 Å². The Morgan fingerprint density at radius 1 is 1.30 bits per heavy atom. The van der Waals surface area contributed by atoms with Gasteiger partial charge in [0.15, 0.2) is 0 Å². The molecule has 0 spiro atoms. The Labute approximate surface area is 120 Å². The Kier molecular flexibility index (Phi) is 3.74. The molecule has 3 rings (SSSR count). The van der Waals surface area contributed by atoms with Crippen molar-refractivity contribution in [1.29, 1.82) is 0 Å². The highest BCUT2D eigenvalue weighted by atomic mass is 16.3. The predicted octanol–water partition coefficient (Wildman–Crippen LogP) is 2.43. The molecular weight excluding hydrogens is 248 g/mol. The number of rotatable bonds is 4. The van der Waals surface area contributed by atoms with Crippen LogP contribution in [0.4, 0.5) is 0 Å². The molecule has 1 aliphatic heterocycles. The molecule has 1 heterocycles. The Hall–Kier alpha value is -1.42. The number of aliphatic hydroxyl groups is 1. The van der Waals surface area contributed by atoms with Crippen LogP contribution in [0.2, 0.25) is 0 Å². The average molecular weight is 270 g/mol. The maximum absolute atomic E-state index is 9.61. The maximum atomic E-state index is 9.61. The van der Waals surface area contributed by atoms with E-state index in [-0.39, 0.29) is 18.7 Å². The molecule has 0 amide bonds. The summed E-state index contributed by atoms with van der Waals surface area (Å²) in [5.74, 6) is 0. The second kappa shape index (κ2) is 5.52. The normalized spacial score (nSPS) is 20.2. The standard InChI is InChI=1S/C17H22N2O/c1-2-13(11-20)19-10-16-14-6-4-3-5-12(14)7-8-15(16)17(19)9-18/h3-8,13,17,20H,2,9-11,18H2,1H3. The van der Waals surface area contributed by atoms with E-state index in [1.165, 1.54) is 21.9 Å². The summed E-state index contributed by atoms with van der Waals surface area (Å²) in [6.45, 7) is 3.80. The van der Waals surface area contributed by atoms with Gasteiger partial charge in [0.05, 0.1) is 6.61 Å². The van der Waals surface area contributed by atoms with Gasteiger partial charge >= 0.3 is 0 Å². The van der Waals surface area contributed by atoms with Gasteiger partial charge in [0.1, 0.15) is 0 Å². The second-order valence-corrected chi connectivity index (χ2v) is 5.52. The lowest BCUT2D eigenvalue weighted by Gasteiger charge is -2.30. The van der Waals surface area contributed by atoms with Crippen LogP contribution < -0.4 is 5.73 Å². The molecule has 2 atom stereocenters. The first-order valence-electron chi connectivity index (χ1n) is 7.37. The van der Waals surface area contributed by atoms with Gasteiger partial charge in [-0.25, -0.2) is 0 Å². The van der Waals surface area contributed by atoms with Crippen LogP contribution in [0.25, 0.3) is 10.8 Å². The molecule has 1 aliphatic rings. The largest absolute Gasteiger partial charge is 0.395 e. The average Bonchev–Trinajstić information content (AvgIpc) is 2.87. The molecule has 2 aromatic rings. The van der Waals surface area contributed by atoms with Crippen molar-refractivity contribution in [3.63, 3.8) is 0 Å². The molecule has 0 saturated heterocycles. The highest BCUT2D eigenvalue weighted by Gasteiger charge is 2.33. The van der Waals surface area contributed by atoms with Crippen molar-refractivity contribution in [1.82, 2.24) is 4.90 Å². The summed E-state index contributed by atoms with van der Waals surface area (Å²) in [6.07, 6.45) is 0.943. The summed E-state index contributed by atoms with van der Waals surface area (Å²) in [6, 6.07) is 13.3. The number of hydrogen-bond acceptors (Lipinski definition) is 3. The van der Waals surface area contributed by atoms with Gasteiger partial charge in [-0.15, -0.1) is 0 Å². The number of benzene rings is 2. The van der Waals surface area contributed by atoms with E-state index in [4.69, 9.17) is 5.73 Å². The Morgan fingerprint density at radius 3 is 2.80 bits per heavy atom. The molecule has 0 aromatic heterocycles. The van der Waals surface area contributed by atoms with Gasteiger partial charge < -0.3 is 10.8 Å². The van der Waals surface area contributed by atoms with Crippen molar-refractivity contribution < 1.29 is 5.11 Å². The fourth-order valence-corrected chi connectivity index (χ4v) is 3.43. The van der Waals surface area contributed by atoms with Crippen LogP contribution >= 0.6 is 0 Å². The molecule has 3 N–H and O–H groups in total. The van der Waals surface area contributed by atoms with Crippen molar-refractivity contribution in [2.75, 3.05) is 13.2 Å². The summed E-state index contributed by atoms with van der Waals surface area (Å²) >= 11 is 0. The lowest BCUT2D eigenvalue weighted by molar-refractivity contribution is 0.0896. The maximum Gasteiger partial charge on any atom is 0.0587 e. The molecule has 20 heavy (non-hydrogen) atoms. The minimum atomic E-state index is 0.190. The van der Waals surface area contributed by atoms with Crippen LogP contribution in [-0.2, 0) is 6.54 Å². The third-order valence-electron chi connectivity index (χ3n) is 4.55. The van der Waals surface area contributed by atoms with E-state index >= 15 is 0 Å². The summed E-state index contributed by atoms with van der Waals surface area (Å²) in [5, 5.41) is 12.2. The van der Waals surface area contributed by atoms with E-state index in [9.17, 15) is 5.11 Å². The summed E-state index contributed by atoms with van der Waals surface area (Å²) in [7, 11) is 0. The monoisotopic (exact) mass is 270 g/mol. The number of aliphatic hydroxyl groups excluding tert-OH is 1.